The van der Waals surface area contributed by atoms with Gasteiger partial charge in [-0.2, -0.15) is 9.69 Å². The number of amides is 1. The van der Waals surface area contributed by atoms with Gasteiger partial charge in [-0.15, -0.1) is 0 Å². The summed E-state index contributed by atoms with van der Waals surface area (Å²) in [6, 6.07) is 22.7. The van der Waals surface area contributed by atoms with E-state index in [0.717, 1.165) is 11.1 Å². The third-order valence-corrected chi connectivity index (χ3v) is 5.88. The van der Waals surface area contributed by atoms with Crippen LogP contribution >= 0.6 is 0 Å². The van der Waals surface area contributed by atoms with Crippen molar-refractivity contribution in [3.8, 4) is 5.75 Å². The zero-order chi connectivity index (χ0) is 28.3. The molecule has 1 heterocycles. The molecule has 0 N–H and O–H groups in total. The Labute approximate surface area is 230 Å². The minimum absolute atomic E-state index is 0.0117. The van der Waals surface area contributed by atoms with Crippen molar-refractivity contribution >= 4 is 17.9 Å². The maximum atomic E-state index is 12.8. The maximum absolute atomic E-state index is 12.8. The number of rotatable bonds is 12. The summed E-state index contributed by atoms with van der Waals surface area (Å²) in [4.78, 5) is 26.3. The molecule has 0 bridgehead atoms. The van der Waals surface area contributed by atoms with E-state index in [0.29, 0.717) is 43.0 Å². The molecule has 8 nitrogen and oxygen atoms in total. The van der Waals surface area contributed by atoms with Crippen LogP contribution in [0.15, 0.2) is 79.0 Å². The van der Waals surface area contributed by atoms with Crippen molar-refractivity contribution in [2.45, 2.75) is 58.5 Å². The third-order valence-electron chi connectivity index (χ3n) is 5.88. The van der Waals surface area contributed by atoms with Gasteiger partial charge in [-0.3, -0.25) is 4.79 Å². The molecular formula is C31H38N2O6. The number of benzene rings is 2. The fourth-order valence-corrected chi connectivity index (χ4v) is 4.12. The minimum Gasteiger partial charge on any atom is -0.711 e. The van der Waals surface area contributed by atoms with Gasteiger partial charge in [0.05, 0.1) is 25.8 Å². The van der Waals surface area contributed by atoms with Crippen LogP contribution < -0.4 is 14.4 Å². The van der Waals surface area contributed by atoms with Gasteiger partial charge in [-0.25, -0.2) is 4.73 Å². The molecule has 3 rings (SSSR count). The van der Waals surface area contributed by atoms with Crippen LogP contribution in [0.3, 0.4) is 0 Å². The van der Waals surface area contributed by atoms with Crippen molar-refractivity contribution in [2.75, 3.05) is 24.7 Å². The molecule has 0 aliphatic heterocycles. The fourth-order valence-electron chi connectivity index (χ4n) is 4.12. The highest BCUT2D eigenvalue weighted by Gasteiger charge is 2.30. The number of hydrogen-bond acceptors (Lipinski definition) is 6. The lowest BCUT2D eigenvalue weighted by Gasteiger charge is -2.23. The van der Waals surface area contributed by atoms with E-state index >= 15 is 0 Å². The average Bonchev–Trinajstić information content (AvgIpc) is 2.89. The van der Waals surface area contributed by atoms with E-state index in [1.807, 2.05) is 61.5 Å². The van der Waals surface area contributed by atoms with Crippen LogP contribution in [0.2, 0.25) is 0 Å². The largest absolute Gasteiger partial charge is 0.711 e. The number of nitrogens with zero attached hydrogens (tertiary/aromatic N) is 2. The lowest BCUT2D eigenvalue weighted by molar-refractivity contribution is -0.591. The summed E-state index contributed by atoms with van der Waals surface area (Å²) < 4.78 is 17.2. The molecule has 1 atom stereocenters. The molecule has 0 aliphatic carbocycles. The first-order chi connectivity index (χ1) is 18.7. The molecule has 0 saturated heterocycles. The monoisotopic (exact) mass is 534 g/mol. The summed E-state index contributed by atoms with van der Waals surface area (Å²) >= 11 is 0. The van der Waals surface area contributed by atoms with Crippen LogP contribution in [-0.2, 0) is 20.7 Å². The smallest absolute Gasteiger partial charge is 0.507 e. The van der Waals surface area contributed by atoms with Crippen LogP contribution in [0.4, 0.5) is 10.6 Å². The Bertz CT molecular complexity index is 1190. The lowest BCUT2D eigenvalue weighted by atomic mass is 9.89. The number of aromatic nitrogens is 1. The fraction of sp³-hybridized carbons (Fsp3) is 0.387. The molecule has 1 aromatic heterocycles. The van der Waals surface area contributed by atoms with Crippen molar-refractivity contribution in [1.29, 1.82) is 0 Å². The van der Waals surface area contributed by atoms with Crippen LogP contribution in [0.5, 0.6) is 5.75 Å². The molecule has 0 spiro atoms. The van der Waals surface area contributed by atoms with Gasteiger partial charge in [0, 0.05) is 12.5 Å². The van der Waals surface area contributed by atoms with E-state index in [4.69, 9.17) is 14.2 Å². The number of anilines is 1. The predicted octanol–water partition coefficient (Wildman–Crippen LogP) is 5.81. The van der Waals surface area contributed by atoms with E-state index in [2.05, 4.69) is 0 Å². The van der Waals surface area contributed by atoms with Crippen LogP contribution in [0, 0.1) is 5.21 Å². The van der Waals surface area contributed by atoms with Gasteiger partial charge in [-0.05, 0) is 69.4 Å². The second kappa shape index (κ2) is 14.2. The van der Waals surface area contributed by atoms with E-state index in [1.165, 1.54) is 11.1 Å². The zero-order valence-corrected chi connectivity index (χ0v) is 23.2. The second-order valence-electron chi connectivity index (χ2n) is 10.2. The summed E-state index contributed by atoms with van der Waals surface area (Å²) in [6.45, 7) is 8.13. The van der Waals surface area contributed by atoms with Crippen molar-refractivity contribution in [1.82, 2.24) is 0 Å². The number of ether oxygens (including phenoxy) is 3. The first-order valence-electron chi connectivity index (χ1n) is 13.3. The van der Waals surface area contributed by atoms with Crippen LogP contribution in [0.1, 0.15) is 57.6 Å². The molecular weight excluding hydrogens is 496 g/mol. The number of esters is 1. The van der Waals surface area contributed by atoms with Crippen molar-refractivity contribution in [3.63, 3.8) is 0 Å². The third kappa shape index (κ3) is 9.63. The van der Waals surface area contributed by atoms with Gasteiger partial charge in [0.15, 0.2) is 0 Å². The minimum atomic E-state index is -0.689. The average molecular weight is 535 g/mol. The highest BCUT2D eigenvalue weighted by molar-refractivity contribution is 5.85. The number of pyridine rings is 1. The standard InChI is InChI=1S/C31H38N2O6/c1-5-37-29(34)23-26(25-12-7-6-8-13-25)22-24-15-17-27(18-16-24)38-21-11-19-32(30(35)39-31(2,3)4)28-14-9-10-20-33(28)36/h6-10,12-18,20,26H,5,11,19,21-23H2,1-4H3/t26-/m0/s1. The molecule has 0 radical (unpaired) electrons. The Morgan fingerprint density at radius 2 is 1.67 bits per heavy atom. The van der Waals surface area contributed by atoms with Crippen molar-refractivity contribution in [3.05, 3.63) is 95.3 Å². The highest BCUT2D eigenvalue weighted by atomic mass is 16.6. The molecule has 3 aromatic rings. The van der Waals surface area contributed by atoms with Gasteiger partial charge in [0.25, 0.3) is 5.82 Å². The van der Waals surface area contributed by atoms with Gasteiger partial charge < -0.3 is 19.4 Å². The Hall–Kier alpha value is -4.07. The number of hydrogen-bond donors (Lipinski definition) is 0. The zero-order valence-electron chi connectivity index (χ0n) is 23.2. The molecule has 208 valence electrons. The quantitative estimate of drug-likeness (QED) is 0.126. The summed E-state index contributed by atoms with van der Waals surface area (Å²) in [6.07, 6.45) is 2.26. The molecule has 0 fully saturated rings. The topological polar surface area (TPSA) is 92.0 Å². The lowest BCUT2D eigenvalue weighted by Crippen LogP contribution is -2.44. The van der Waals surface area contributed by atoms with E-state index < -0.39 is 11.7 Å². The maximum Gasteiger partial charge on any atom is 0.507 e. The van der Waals surface area contributed by atoms with Crippen LogP contribution in [-0.4, -0.2) is 37.4 Å². The number of carbonyl (C=O) groups is 2. The van der Waals surface area contributed by atoms with Crippen molar-refractivity contribution < 1.29 is 28.5 Å². The van der Waals surface area contributed by atoms with Gasteiger partial charge in [0.2, 0.25) is 0 Å². The van der Waals surface area contributed by atoms with E-state index in [1.54, 1.807) is 39.0 Å². The van der Waals surface area contributed by atoms with E-state index in [-0.39, 0.29) is 24.2 Å². The first-order valence-corrected chi connectivity index (χ1v) is 13.3. The predicted molar refractivity (Wildman–Crippen MR) is 150 cm³/mol. The summed E-state index contributed by atoms with van der Waals surface area (Å²) in [7, 11) is 0. The molecule has 39 heavy (non-hydrogen) atoms. The van der Waals surface area contributed by atoms with Gasteiger partial charge in [0.1, 0.15) is 17.9 Å². The van der Waals surface area contributed by atoms with Crippen LogP contribution in [0.25, 0.3) is 0 Å². The Kier molecular flexibility index (Phi) is 10.7. The Morgan fingerprint density at radius 1 is 0.974 bits per heavy atom. The van der Waals surface area contributed by atoms with E-state index in [9.17, 15) is 14.8 Å². The van der Waals surface area contributed by atoms with Gasteiger partial charge >= 0.3 is 12.1 Å². The normalized spacial score (nSPS) is 11.9. The summed E-state index contributed by atoms with van der Waals surface area (Å²) in [5, 5.41) is 12.3. The Balaban J connectivity index is 1.58. The summed E-state index contributed by atoms with van der Waals surface area (Å²) in [5.74, 6) is 0.706. The molecule has 8 heteroatoms. The van der Waals surface area contributed by atoms with Crippen molar-refractivity contribution in [2.24, 2.45) is 0 Å². The van der Waals surface area contributed by atoms with Gasteiger partial charge in [-0.1, -0.05) is 48.5 Å². The first kappa shape index (κ1) is 29.5. The Morgan fingerprint density at radius 3 is 2.31 bits per heavy atom. The molecule has 0 saturated carbocycles. The molecule has 0 unspecified atom stereocenters. The molecule has 0 aliphatic rings. The number of carbonyl (C=O) groups excluding carboxylic acids is 2. The SMILES string of the molecule is CCOC(=O)C[C@H](Cc1ccc(OCCCN(C(=O)OC(C)(C)C)c2cccc[n+]2[O-])cc1)c1ccccc1. The molecule has 1 amide bonds. The second-order valence-corrected chi connectivity index (χ2v) is 10.2. The molecule has 2 aromatic carbocycles. The summed E-state index contributed by atoms with van der Waals surface area (Å²) in [5.41, 5.74) is 1.49. The highest BCUT2D eigenvalue weighted by Crippen LogP contribution is 2.26.